The molecular formula is C22H19FN4O3. The van der Waals surface area contributed by atoms with Crippen molar-refractivity contribution >= 4 is 17.5 Å². The molecule has 0 unspecified atom stereocenters. The van der Waals surface area contributed by atoms with Crippen molar-refractivity contribution in [2.75, 3.05) is 18.0 Å². The maximum Gasteiger partial charge on any atom is 0.273 e. The molecule has 8 heteroatoms. The fourth-order valence-electron chi connectivity index (χ4n) is 4.26. The van der Waals surface area contributed by atoms with Gasteiger partial charge in [-0.2, -0.15) is 0 Å². The average molecular weight is 406 g/mol. The monoisotopic (exact) mass is 406 g/mol. The molecule has 2 amide bonds. The molecule has 30 heavy (non-hydrogen) atoms. The summed E-state index contributed by atoms with van der Waals surface area (Å²) in [5.74, 6) is 0.512. The minimum absolute atomic E-state index is 0.00353. The minimum Gasteiger partial charge on any atom is -0.355 e. The van der Waals surface area contributed by atoms with Gasteiger partial charge in [-0.25, -0.2) is 4.39 Å². The Balaban J connectivity index is 1.11. The largest absolute Gasteiger partial charge is 0.355 e. The zero-order valence-electron chi connectivity index (χ0n) is 16.0. The van der Waals surface area contributed by atoms with Crippen LogP contribution in [0.5, 0.6) is 0 Å². The highest BCUT2D eigenvalue weighted by Crippen LogP contribution is 2.54. The van der Waals surface area contributed by atoms with Crippen LogP contribution in [0.4, 0.5) is 10.1 Å². The molecule has 152 valence electrons. The highest BCUT2D eigenvalue weighted by Gasteiger charge is 2.60. The van der Waals surface area contributed by atoms with Gasteiger partial charge in [-0.15, -0.1) is 0 Å². The summed E-state index contributed by atoms with van der Waals surface area (Å²) in [5, 5.41) is 6.67. The van der Waals surface area contributed by atoms with Crippen LogP contribution in [0.25, 0.3) is 11.3 Å². The zero-order chi connectivity index (χ0) is 20.7. The predicted molar refractivity (Wildman–Crippen MR) is 106 cm³/mol. The molecule has 5 rings (SSSR count). The first-order valence-electron chi connectivity index (χ1n) is 9.84. The van der Waals surface area contributed by atoms with Crippen LogP contribution in [0.15, 0.2) is 59.4 Å². The van der Waals surface area contributed by atoms with Crippen LogP contribution in [-0.2, 0) is 4.79 Å². The molecule has 1 N–H and O–H groups in total. The number of benzene rings is 1. The standard InChI is InChI=1S/C22H19FN4O3/c23-14-3-5-15(6-4-14)27-12-17-16(20(17)22(27)29)7-9-25-21(28)18-10-19(30-26-18)13-2-1-8-24-11-13/h1-6,8,10-11,16-17,20H,7,9,12H2,(H,25,28)/t16-,17-,20+/m0/s1. The van der Waals surface area contributed by atoms with Crippen molar-refractivity contribution in [3.05, 3.63) is 66.4 Å². The van der Waals surface area contributed by atoms with Crippen LogP contribution in [0.3, 0.4) is 0 Å². The average Bonchev–Trinajstić information content (AvgIpc) is 3.09. The lowest BCUT2D eigenvalue weighted by molar-refractivity contribution is -0.119. The Morgan fingerprint density at radius 2 is 2.10 bits per heavy atom. The van der Waals surface area contributed by atoms with Crippen molar-refractivity contribution < 1.29 is 18.5 Å². The van der Waals surface area contributed by atoms with E-state index in [1.54, 1.807) is 41.6 Å². The number of hydrogen-bond acceptors (Lipinski definition) is 5. The van der Waals surface area contributed by atoms with Crippen molar-refractivity contribution in [3.63, 3.8) is 0 Å². The molecule has 3 aromatic rings. The summed E-state index contributed by atoms with van der Waals surface area (Å²) in [7, 11) is 0. The van der Waals surface area contributed by atoms with E-state index in [4.69, 9.17) is 4.52 Å². The molecule has 1 aromatic carbocycles. The summed E-state index contributed by atoms with van der Waals surface area (Å²) in [6, 6.07) is 11.2. The van der Waals surface area contributed by atoms with Crippen molar-refractivity contribution in [2.24, 2.45) is 17.8 Å². The van der Waals surface area contributed by atoms with Crippen LogP contribution >= 0.6 is 0 Å². The molecule has 7 nitrogen and oxygen atoms in total. The van der Waals surface area contributed by atoms with Gasteiger partial charge < -0.3 is 14.7 Å². The fraction of sp³-hybridized carbons (Fsp3) is 0.273. The molecule has 0 radical (unpaired) electrons. The van der Waals surface area contributed by atoms with Gasteiger partial charge in [-0.3, -0.25) is 14.6 Å². The third-order valence-electron chi connectivity index (χ3n) is 5.87. The zero-order valence-corrected chi connectivity index (χ0v) is 16.0. The van der Waals surface area contributed by atoms with Gasteiger partial charge in [0.05, 0.1) is 0 Å². The summed E-state index contributed by atoms with van der Waals surface area (Å²) in [6.45, 7) is 1.11. The first kappa shape index (κ1) is 18.5. The number of rotatable bonds is 6. The normalized spacial score (nSPS) is 22.1. The molecular weight excluding hydrogens is 387 g/mol. The van der Waals surface area contributed by atoms with Gasteiger partial charge in [0.15, 0.2) is 11.5 Å². The van der Waals surface area contributed by atoms with Crippen LogP contribution < -0.4 is 10.2 Å². The molecule has 1 saturated carbocycles. The summed E-state index contributed by atoms with van der Waals surface area (Å²) < 4.78 is 18.3. The molecule has 2 aliphatic rings. The number of carbonyl (C=O) groups is 2. The Kier molecular flexibility index (Phi) is 4.54. The molecule has 3 atom stereocenters. The first-order valence-corrected chi connectivity index (χ1v) is 9.84. The number of carbonyl (C=O) groups excluding carboxylic acids is 2. The Morgan fingerprint density at radius 1 is 1.27 bits per heavy atom. The van der Waals surface area contributed by atoms with Crippen molar-refractivity contribution in [3.8, 4) is 11.3 Å². The highest BCUT2D eigenvalue weighted by molar-refractivity contribution is 6.00. The number of halogens is 1. The molecule has 1 aliphatic heterocycles. The second-order valence-electron chi connectivity index (χ2n) is 7.64. The summed E-state index contributed by atoms with van der Waals surface area (Å²) >= 11 is 0. The van der Waals surface area contributed by atoms with Gasteiger partial charge >= 0.3 is 0 Å². The molecule has 1 saturated heterocycles. The fourth-order valence-corrected chi connectivity index (χ4v) is 4.26. The van der Waals surface area contributed by atoms with E-state index in [0.29, 0.717) is 24.8 Å². The smallest absolute Gasteiger partial charge is 0.273 e. The van der Waals surface area contributed by atoms with Gasteiger partial charge in [0.1, 0.15) is 5.82 Å². The minimum atomic E-state index is -0.316. The number of piperidine rings is 1. The second-order valence-corrected chi connectivity index (χ2v) is 7.64. The van der Waals surface area contributed by atoms with Crippen molar-refractivity contribution in [1.29, 1.82) is 0 Å². The van der Waals surface area contributed by atoms with E-state index in [9.17, 15) is 14.0 Å². The van der Waals surface area contributed by atoms with Crippen LogP contribution in [0.1, 0.15) is 16.9 Å². The first-order chi connectivity index (χ1) is 14.6. The number of hydrogen-bond donors (Lipinski definition) is 1. The summed E-state index contributed by atoms with van der Waals surface area (Å²) in [6.07, 6.45) is 4.03. The predicted octanol–water partition coefficient (Wildman–Crippen LogP) is 2.90. The Morgan fingerprint density at radius 3 is 2.80 bits per heavy atom. The van der Waals surface area contributed by atoms with Crippen LogP contribution in [0, 0.1) is 23.6 Å². The van der Waals surface area contributed by atoms with Crippen molar-refractivity contribution in [1.82, 2.24) is 15.5 Å². The number of nitrogens with zero attached hydrogens (tertiary/aromatic N) is 3. The SMILES string of the molecule is O=C(NCC[C@H]1[C@@H]2CN(c3ccc(F)cc3)C(=O)[C@H]12)c1cc(-c2cccnc2)on1. The third kappa shape index (κ3) is 3.34. The van der Waals surface area contributed by atoms with E-state index >= 15 is 0 Å². The topological polar surface area (TPSA) is 88.3 Å². The van der Waals surface area contributed by atoms with E-state index < -0.39 is 0 Å². The number of nitrogens with one attached hydrogen (secondary N) is 1. The maximum atomic E-state index is 13.1. The van der Waals surface area contributed by atoms with E-state index in [0.717, 1.165) is 17.7 Å². The number of fused-ring (bicyclic) bond motifs is 1. The lowest BCUT2D eigenvalue weighted by atomic mass is 10.1. The third-order valence-corrected chi connectivity index (χ3v) is 5.87. The Bertz CT molecular complexity index is 1080. The van der Waals surface area contributed by atoms with E-state index in [-0.39, 0.29) is 35.2 Å². The summed E-state index contributed by atoms with van der Waals surface area (Å²) in [4.78, 5) is 30.7. The van der Waals surface area contributed by atoms with Crippen LogP contribution in [-0.4, -0.2) is 35.0 Å². The molecule has 0 bridgehead atoms. The highest BCUT2D eigenvalue weighted by atomic mass is 19.1. The van der Waals surface area contributed by atoms with Gasteiger partial charge in [0, 0.05) is 48.7 Å². The molecule has 0 spiro atoms. The quantitative estimate of drug-likeness (QED) is 0.680. The maximum absolute atomic E-state index is 13.1. The molecule has 2 aromatic heterocycles. The molecule has 1 aliphatic carbocycles. The van der Waals surface area contributed by atoms with E-state index in [1.165, 1.54) is 12.1 Å². The Hall–Kier alpha value is -3.55. The molecule has 2 fully saturated rings. The lowest BCUT2D eigenvalue weighted by Crippen LogP contribution is -2.31. The van der Waals surface area contributed by atoms with Gasteiger partial charge in [0.2, 0.25) is 5.91 Å². The van der Waals surface area contributed by atoms with E-state index in [1.807, 2.05) is 6.07 Å². The second kappa shape index (κ2) is 7.37. The summed E-state index contributed by atoms with van der Waals surface area (Å²) in [5.41, 5.74) is 1.69. The number of anilines is 1. The number of pyridine rings is 1. The lowest BCUT2D eigenvalue weighted by Gasteiger charge is -2.20. The van der Waals surface area contributed by atoms with Gasteiger partial charge in [-0.1, -0.05) is 5.16 Å². The number of amides is 2. The van der Waals surface area contributed by atoms with E-state index in [2.05, 4.69) is 15.5 Å². The van der Waals surface area contributed by atoms with Gasteiger partial charge in [0.25, 0.3) is 5.91 Å². The Labute approximate surface area is 171 Å². The van der Waals surface area contributed by atoms with Gasteiger partial charge in [-0.05, 0) is 54.7 Å². The number of aromatic nitrogens is 2. The molecule has 3 heterocycles. The van der Waals surface area contributed by atoms with Crippen molar-refractivity contribution in [2.45, 2.75) is 6.42 Å². The van der Waals surface area contributed by atoms with Crippen LogP contribution in [0.2, 0.25) is 0 Å².